The van der Waals surface area contributed by atoms with Crippen molar-refractivity contribution < 1.29 is 22.7 Å². The summed E-state index contributed by atoms with van der Waals surface area (Å²) in [5.41, 5.74) is 0.467. The highest BCUT2D eigenvalue weighted by atomic mass is 32.2. The maximum Gasteiger partial charge on any atom is 0.244 e. The van der Waals surface area contributed by atoms with Crippen LogP contribution < -0.4 is 14.8 Å². The zero-order chi connectivity index (χ0) is 18.4. The van der Waals surface area contributed by atoms with Crippen molar-refractivity contribution in [2.24, 2.45) is 0 Å². The van der Waals surface area contributed by atoms with Gasteiger partial charge in [0, 0.05) is 31.2 Å². The van der Waals surface area contributed by atoms with E-state index in [-0.39, 0.29) is 11.4 Å². The van der Waals surface area contributed by atoms with Gasteiger partial charge in [0.2, 0.25) is 15.9 Å². The van der Waals surface area contributed by atoms with Crippen LogP contribution in [0.15, 0.2) is 47.6 Å². The molecule has 0 radical (unpaired) electrons. The van der Waals surface area contributed by atoms with E-state index in [1.54, 1.807) is 18.2 Å². The fourth-order valence-electron chi connectivity index (χ4n) is 2.08. The summed E-state index contributed by atoms with van der Waals surface area (Å²) in [5, 5.41) is 2.63. The lowest BCUT2D eigenvalue weighted by atomic mass is 10.2. The van der Waals surface area contributed by atoms with E-state index in [4.69, 9.17) is 9.47 Å². The number of carbonyl (C=O) groups excluding carboxylic acids is 1. The molecule has 0 aliphatic rings. The molecule has 25 heavy (non-hydrogen) atoms. The Hall–Kier alpha value is -2.65. The summed E-state index contributed by atoms with van der Waals surface area (Å²) >= 11 is 0. The molecule has 0 bridgehead atoms. The van der Waals surface area contributed by atoms with Crippen molar-refractivity contribution in [2.75, 3.05) is 33.1 Å². The van der Waals surface area contributed by atoms with Gasteiger partial charge in [-0.15, -0.1) is 0 Å². The van der Waals surface area contributed by atoms with Crippen LogP contribution in [-0.2, 0) is 14.8 Å². The van der Waals surface area contributed by atoms with Gasteiger partial charge in [-0.2, -0.15) is 4.31 Å². The molecule has 0 saturated carbocycles. The van der Waals surface area contributed by atoms with E-state index in [1.807, 2.05) is 0 Å². The Morgan fingerprint density at radius 3 is 2.52 bits per heavy atom. The first kappa shape index (κ1) is 18.7. The number of carbonyl (C=O) groups is 1. The summed E-state index contributed by atoms with van der Waals surface area (Å²) < 4.78 is 36.0. The van der Waals surface area contributed by atoms with Gasteiger partial charge < -0.3 is 14.8 Å². The molecule has 1 heterocycles. The van der Waals surface area contributed by atoms with E-state index in [9.17, 15) is 13.2 Å². The van der Waals surface area contributed by atoms with Crippen LogP contribution in [0, 0.1) is 0 Å². The SMILES string of the molecule is COc1ccc(NC(=O)CN(C)S(=O)(=O)c2cccnc2)cc1OC. The minimum absolute atomic E-state index is 0.0245. The highest BCUT2D eigenvalue weighted by Crippen LogP contribution is 2.29. The first-order chi connectivity index (χ1) is 11.9. The van der Waals surface area contributed by atoms with Crippen LogP contribution in [-0.4, -0.2) is 51.4 Å². The van der Waals surface area contributed by atoms with Gasteiger partial charge in [-0.05, 0) is 24.3 Å². The molecule has 1 N–H and O–H groups in total. The molecule has 0 unspecified atom stereocenters. The standard InChI is InChI=1S/C16H19N3O5S/c1-19(25(21,22)13-5-4-8-17-10-13)11-16(20)18-12-6-7-14(23-2)15(9-12)24-3/h4-10H,11H2,1-3H3,(H,18,20). The predicted octanol–water partition coefficient (Wildman–Crippen LogP) is 1.36. The Balaban J connectivity index is 2.07. The quantitative estimate of drug-likeness (QED) is 0.796. The Kier molecular flexibility index (Phi) is 5.94. The second-order valence-corrected chi connectivity index (χ2v) is 7.11. The van der Waals surface area contributed by atoms with Crippen molar-refractivity contribution in [3.63, 3.8) is 0 Å². The highest BCUT2D eigenvalue weighted by Gasteiger charge is 2.23. The minimum Gasteiger partial charge on any atom is -0.493 e. The average molecular weight is 365 g/mol. The topological polar surface area (TPSA) is 97.8 Å². The molecule has 134 valence electrons. The number of hydrogen-bond acceptors (Lipinski definition) is 6. The zero-order valence-corrected chi connectivity index (χ0v) is 14.9. The van der Waals surface area contributed by atoms with E-state index in [0.717, 1.165) is 4.31 Å². The lowest BCUT2D eigenvalue weighted by Gasteiger charge is -2.17. The van der Waals surface area contributed by atoms with Gasteiger partial charge in [0.25, 0.3) is 0 Å². The summed E-state index contributed by atoms with van der Waals surface area (Å²) in [7, 11) is 0.537. The van der Waals surface area contributed by atoms with Gasteiger partial charge in [-0.1, -0.05) is 0 Å². The summed E-state index contributed by atoms with van der Waals surface area (Å²) in [6.45, 7) is -0.342. The largest absolute Gasteiger partial charge is 0.493 e. The number of anilines is 1. The predicted molar refractivity (Wildman–Crippen MR) is 92.2 cm³/mol. The van der Waals surface area contributed by atoms with Crippen LogP contribution in [0.2, 0.25) is 0 Å². The van der Waals surface area contributed by atoms with Crippen molar-refractivity contribution in [2.45, 2.75) is 4.90 Å². The molecule has 0 aliphatic heterocycles. The molecule has 0 aliphatic carbocycles. The fourth-order valence-corrected chi connectivity index (χ4v) is 3.17. The number of sulfonamides is 1. The number of pyridine rings is 1. The normalized spacial score (nSPS) is 11.2. The third kappa shape index (κ3) is 4.46. The molecule has 2 aromatic rings. The van der Waals surface area contributed by atoms with Crippen molar-refractivity contribution in [3.05, 3.63) is 42.7 Å². The van der Waals surface area contributed by atoms with Gasteiger partial charge in [0.1, 0.15) is 4.90 Å². The summed E-state index contributed by atoms with van der Waals surface area (Å²) in [5.74, 6) is 0.496. The summed E-state index contributed by atoms with van der Waals surface area (Å²) in [6.07, 6.45) is 2.71. The van der Waals surface area contributed by atoms with Crippen LogP contribution in [0.1, 0.15) is 0 Å². The van der Waals surface area contributed by atoms with E-state index in [1.165, 1.54) is 45.8 Å². The molecule has 0 saturated heterocycles. The van der Waals surface area contributed by atoms with Crippen LogP contribution in [0.5, 0.6) is 11.5 Å². The molecule has 9 heteroatoms. The number of amides is 1. The summed E-state index contributed by atoms with van der Waals surface area (Å²) in [6, 6.07) is 7.81. The second-order valence-electron chi connectivity index (χ2n) is 5.07. The van der Waals surface area contributed by atoms with E-state index in [2.05, 4.69) is 10.3 Å². The second kappa shape index (κ2) is 7.95. The number of nitrogens with zero attached hydrogens (tertiary/aromatic N) is 2. The minimum atomic E-state index is -3.78. The van der Waals surface area contributed by atoms with Gasteiger partial charge in [-0.25, -0.2) is 8.42 Å². The lowest BCUT2D eigenvalue weighted by molar-refractivity contribution is -0.116. The van der Waals surface area contributed by atoms with Crippen LogP contribution >= 0.6 is 0 Å². The fraction of sp³-hybridized carbons (Fsp3) is 0.250. The van der Waals surface area contributed by atoms with Crippen LogP contribution in [0.25, 0.3) is 0 Å². The zero-order valence-electron chi connectivity index (χ0n) is 14.1. The number of hydrogen-bond donors (Lipinski definition) is 1. The first-order valence-corrected chi connectivity index (χ1v) is 8.70. The van der Waals surface area contributed by atoms with Crippen molar-refractivity contribution >= 4 is 21.6 Å². The molecule has 1 amide bonds. The third-order valence-electron chi connectivity index (χ3n) is 3.38. The summed E-state index contributed by atoms with van der Waals surface area (Å²) in [4.78, 5) is 16.0. The molecule has 0 atom stereocenters. The Bertz CT molecular complexity index is 840. The van der Waals surface area contributed by atoms with Gasteiger partial charge in [0.15, 0.2) is 11.5 Å². The molecule has 0 spiro atoms. The third-order valence-corrected chi connectivity index (χ3v) is 5.16. The molecule has 2 rings (SSSR count). The molecular weight excluding hydrogens is 346 g/mol. The average Bonchev–Trinajstić information content (AvgIpc) is 2.62. The lowest BCUT2D eigenvalue weighted by Crippen LogP contribution is -2.35. The monoisotopic (exact) mass is 365 g/mol. The molecule has 1 aromatic heterocycles. The molecule has 8 nitrogen and oxygen atoms in total. The Labute approximate surface area is 146 Å². The highest BCUT2D eigenvalue weighted by molar-refractivity contribution is 7.89. The number of likely N-dealkylation sites (N-methyl/N-ethyl adjacent to an activating group) is 1. The maximum absolute atomic E-state index is 12.4. The molecule has 1 aromatic carbocycles. The number of rotatable bonds is 7. The van der Waals surface area contributed by atoms with Gasteiger partial charge in [-0.3, -0.25) is 9.78 Å². The van der Waals surface area contributed by atoms with E-state index >= 15 is 0 Å². The van der Waals surface area contributed by atoms with E-state index in [0.29, 0.717) is 17.2 Å². The van der Waals surface area contributed by atoms with Gasteiger partial charge in [0.05, 0.1) is 20.8 Å². The Morgan fingerprint density at radius 2 is 1.92 bits per heavy atom. The maximum atomic E-state index is 12.4. The van der Waals surface area contributed by atoms with Crippen molar-refractivity contribution in [1.29, 1.82) is 0 Å². The van der Waals surface area contributed by atoms with Crippen LogP contribution in [0.4, 0.5) is 5.69 Å². The molecule has 0 fully saturated rings. The van der Waals surface area contributed by atoms with E-state index < -0.39 is 15.9 Å². The number of nitrogens with one attached hydrogen (secondary N) is 1. The number of ether oxygens (including phenoxy) is 2. The van der Waals surface area contributed by atoms with Crippen molar-refractivity contribution in [1.82, 2.24) is 9.29 Å². The number of aromatic nitrogens is 1. The Morgan fingerprint density at radius 1 is 1.20 bits per heavy atom. The smallest absolute Gasteiger partial charge is 0.244 e. The first-order valence-electron chi connectivity index (χ1n) is 7.26. The number of methoxy groups -OCH3 is 2. The van der Waals surface area contributed by atoms with Crippen LogP contribution in [0.3, 0.4) is 0 Å². The molecular formula is C16H19N3O5S. The van der Waals surface area contributed by atoms with Crippen molar-refractivity contribution in [3.8, 4) is 11.5 Å². The number of benzene rings is 1. The van der Waals surface area contributed by atoms with Gasteiger partial charge >= 0.3 is 0 Å².